The molecule has 1 unspecified atom stereocenters. The van der Waals surface area contributed by atoms with Crippen molar-refractivity contribution in [2.24, 2.45) is 0 Å². The Morgan fingerprint density at radius 1 is 0.842 bits per heavy atom. The number of carbonyl (C=O) groups is 5. The van der Waals surface area contributed by atoms with Crippen LogP contribution in [0.2, 0.25) is 0 Å². The molecular formula is C24H41NO10S3. The molecule has 0 aromatic heterocycles. The van der Waals surface area contributed by atoms with Gasteiger partial charge in [0.15, 0.2) is 18.3 Å². The predicted molar refractivity (Wildman–Crippen MR) is 149 cm³/mol. The fraction of sp³-hybridized carbons (Fsp3) is 0.792. The fourth-order valence-electron chi connectivity index (χ4n) is 4.27. The zero-order chi connectivity index (χ0) is 29.0. The Hall–Kier alpha value is -1.64. The van der Waals surface area contributed by atoms with Crippen molar-refractivity contribution in [3.8, 4) is 0 Å². The van der Waals surface area contributed by atoms with Crippen LogP contribution in [0.1, 0.15) is 47.5 Å². The molecule has 14 heteroatoms. The summed E-state index contributed by atoms with van der Waals surface area (Å²) in [5, 5.41) is 2.87. The third-order valence-corrected chi connectivity index (χ3v) is 9.87. The lowest BCUT2D eigenvalue weighted by Gasteiger charge is -2.48. The number of hydrogen-bond donors (Lipinski definition) is 1. The van der Waals surface area contributed by atoms with Crippen LogP contribution in [-0.2, 0) is 47.1 Å². The second kappa shape index (κ2) is 16.5. The minimum Gasteiger partial charge on any atom is -0.456 e. The van der Waals surface area contributed by atoms with Crippen molar-refractivity contribution in [1.82, 2.24) is 5.32 Å². The van der Waals surface area contributed by atoms with Gasteiger partial charge in [0, 0.05) is 46.1 Å². The average Bonchev–Trinajstić information content (AvgIpc) is 2.77. The maximum atomic E-state index is 12.3. The molecule has 7 atom stereocenters. The lowest BCUT2D eigenvalue weighted by atomic mass is 9.94. The van der Waals surface area contributed by atoms with Crippen LogP contribution in [0.4, 0.5) is 0 Å². The van der Waals surface area contributed by atoms with Crippen molar-refractivity contribution in [3.63, 3.8) is 0 Å². The molecule has 1 fully saturated rings. The monoisotopic (exact) mass is 599 g/mol. The summed E-state index contributed by atoms with van der Waals surface area (Å²) in [6, 6.07) is -0.789. The lowest BCUT2D eigenvalue weighted by molar-refractivity contribution is -0.234. The Kier molecular flexibility index (Phi) is 14.9. The maximum absolute atomic E-state index is 12.3. The maximum Gasteiger partial charge on any atom is 0.313 e. The molecule has 1 rings (SSSR count). The zero-order valence-electron chi connectivity index (χ0n) is 23.3. The number of carbonyl (C=O) groups excluding carboxylic acids is 5. The summed E-state index contributed by atoms with van der Waals surface area (Å²) in [4.78, 5) is 60.5. The summed E-state index contributed by atoms with van der Waals surface area (Å²) < 4.78 is 28.7. The van der Waals surface area contributed by atoms with Crippen LogP contribution in [0.3, 0.4) is 0 Å². The number of nitrogens with one attached hydrogen (secondary N) is 1. The predicted octanol–water partition coefficient (Wildman–Crippen LogP) is 2.43. The molecular weight excluding hydrogens is 558 g/mol. The third kappa shape index (κ3) is 11.6. The first-order chi connectivity index (χ1) is 17.7. The van der Waals surface area contributed by atoms with Crippen LogP contribution >= 0.6 is 33.8 Å². The topological polar surface area (TPSA) is 144 Å². The van der Waals surface area contributed by atoms with Gasteiger partial charge in [-0.25, -0.2) is 0 Å². The van der Waals surface area contributed by atoms with Crippen LogP contribution < -0.4 is 5.32 Å². The average molecular weight is 600 g/mol. The summed E-state index contributed by atoms with van der Waals surface area (Å²) in [7, 11) is -2.06. The van der Waals surface area contributed by atoms with E-state index in [-0.39, 0.29) is 11.7 Å². The van der Waals surface area contributed by atoms with Crippen molar-refractivity contribution in [2.75, 3.05) is 36.0 Å². The van der Waals surface area contributed by atoms with E-state index < -0.39 is 70.1 Å². The largest absolute Gasteiger partial charge is 0.456 e. The van der Waals surface area contributed by atoms with Gasteiger partial charge in [0.2, 0.25) is 5.91 Å². The molecule has 0 bridgehead atoms. The Labute approximate surface area is 235 Å². The highest BCUT2D eigenvalue weighted by Crippen LogP contribution is 2.48. The third-order valence-electron chi connectivity index (χ3n) is 5.48. The van der Waals surface area contributed by atoms with Crippen molar-refractivity contribution in [3.05, 3.63) is 0 Å². The van der Waals surface area contributed by atoms with Gasteiger partial charge in [-0.15, -0.1) is 11.8 Å². The normalized spacial score (nSPS) is 26.2. The van der Waals surface area contributed by atoms with E-state index in [0.717, 1.165) is 18.6 Å². The van der Waals surface area contributed by atoms with Crippen molar-refractivity contribution >= 4 is 63.6 Å². The number of unbranched alkanes of at least 4 members (excludes halogenated alkanes) is 1. The number of thioether (sulfide) groups is 2. The fourth-order valence-corrected chi connectivity index (χ4v) is 8.22. The van der Waals surface area contributed by atoms with E-state index in [1.54, 1.807) is 18.0 Å². The van der Waals surface area contributed by atoms with E-state index in [0.29, 0.717) is 5.75 Å². The highest BCUT2D eigenvalue weighted by atomic mass is 32.3. The molecule has 220 valence electrons. The zero-order valence-corrected chi connectivity index (χ0v) is 25.8. The first-order valence-electron chi connectivity index (χ1n) is 12.1. The van der Waals surface area contributed by atoms with E-state index in [2.05, 4.69) is 5.32 Å². The van der Waals surface area contributed by atoms with Gasteiger partial charge in [0.25, 0.3) is 0 Å². The lowest BCUT2D eigenvalue weighted by Crippen LogP contribution is -2.66. The number of esters is 3. The molecule has 0 aromatic rings. The van der Waals surface area contributed by atoms with E-state index in [4.69, 9.17) is 23.1 Å². The Balaban J connectivity index is 3.54. The summed E-state index contributed by atoms with van der Waals surface area (Å²) in [6.45, 7) is 6.27. The Morgan fingerprint density at radius 2 is 1.39 bits per heavy atom. The Morgan fingerprint density at radius 3 is 1.87 bits per heavy atom. The van der Waals surface area contributed by atoms with Gasteiger partial charge in [0.1, 0.15) is 11.5 Å². The van der Waals surface area contributed by atoms with Gasteiger partial charge in [-0.2, -0.15) is 11.8 Å². The Bertz CT molecular complexity index is 844. The number of rotatable bonds is 14. The van der Waals surface area contributed by atoms with Gasteiger partial charge < -0.3 is 28.4 Å². The molecule has 0 saturated carbocycles. The van der Waals surface area contributed by atoms with Crippen LogP contribution in [-0.4, -0.2) is 102 Å². The first-order valence-corrected chi connectivity index (χ1v) is 17.1. The quantitative estimate of drug-likeness (QED) is 0.178. The SMILES string of the molecule is CSCCCCS(C)(C[C@H](NC(C)=O)[C@H]1O[C@H](SC)[C@H](OC(C)=O)[C@@H](OC(C)=O)[C@H]1OC(C)=O)OC(C)=O. The number of hydrogen-bond acceptors (Lipinski definition) is 12. The number of amides is 1. The van der Waals surface area contributed by atoms with E-state index in [1.165, 1.54) is 46.4 Å². The first kappa shape index (κ1) is 34.4. The van der Waals surface area contributed by atoms with Crippen LogP contribution in [0.15, 0.2) is 0 Å². The molecule has 11 nitrogen and oxygen atoms in total. The molecule has 0 aliphatic carbocycles. The van der Waals surface area contributed by atoms with Gasteiger partial charge in [-0.3, -0.25) is 24.0 Å². The summed E-state index contributed by atoms with van der Waals surface area (Å²) in [5.74, 6) is -1.04. The minimum atomic E-state index is -2.06. The van der Waals surface area contributed by atoms with E-state index >= 15 is 0 Å². The molecule has 1 amide bonds. The summed E-state index contributed by atoms with van der Waals surface area (Å²) in [5.41, 5.74) is -0.812. The molecule has 0 aromatic carbocycles. The van der Waals surface area contributed by atoms with Crippen LogP contribution in [0.25, 0.3) is 0 Å². The van der Waals surface area contributed by atoms with Crippen LogP contribution in [0, 0.1) is 0 Å². The molecule has 1 aliphatic rings. The molecule has 1 heterocycles. The van der Waals surface area contributed by atoms with E-state index in [1.807, 2.05) is 12.5 Å². The van der Waals surface area contributed by atoms with Gasteiger partial charge in [-0.05, 0) is 37.4 Å². The molecule has 1 aliphatic heterocycles. The van der Waals surface area contributed by atoms with Crippen molar-refractivity contribution in [2.45, 2.75) is 83.4 Å². The standard InChI is InChI=1S/C24H41NO10S3/c1-14(26)25-19(13-38(8,35-18(5)30)12-10-9-11-36-6)20-21(31-15(2)27)22(32-16(3)28)23(33-17(4)29)24(34-20)37-7/h19-24H,9-13H2,1-8H3,(H,25,26)/t19-,20+,21-,22-,23+,24+/m0/s1. The minimum absolute atomic E-state index is 0.208. The highest BCUT2D eigenvalue weighted by Gasteiger charge is 2.54. The van der Waals surface area contributed by atoms with Gasteiger partial charge in [0.05, 0.1) is 6.04 Å². The smallest absolute Gasteiger partial charge is 0.313 e. The molecule has 1 saturated heterocycles. The number of ether oxygens (including phenoxy) is 4. The molecule has 0 radical (unpaired) electrons. The van der Waals surface area contributed by atoms with E-state index in [9.17, 15) is 24.0 Å². The van der Waals surface area contributed by atoms with Gasteiger partial charge in [-0.1, -0.05) is 10.3 Å². The second-order valence-electron chi connectivity index (χ2n) is 9.06. The second-order valence-corrected chi connectivity index (χ2v) is 14.3. The summed E-state index contributed by atoms with van der Waals surface area (Å²) in [6.07, 6.45) is 2.83. The van der Waals surface area contributed by atoms with Gasteiger partial charge >= 0.3 is 23.9 Å². The molecule has 38 heavy (non-hydrogen) atoms. The van der Waals surface area contributed by atoms with Crippen molar-refractivity contribution < 1.29 is 47.1 Å². The van der Waals surface area contributed by atoms with Crippen LogP contribution in [0.5, 0.6) is 0 Å². The van der Waals surface area contributed by atoms with Crippen molar-refractivity contribution in [1.29, 1.82) is 0 Å². The summed E-state index contributed by atoms with van der Waals surface area (Å²) >= 11 is 2.94. The highest BCUT2D eigenvalue weighted by molar-refractivity contribution is 8.29. The molecule has 0 spiro atoms. The molecule has 1 N–H and O–H groups in total.